The number of nitrogens with zero attached hydrogens (tertiary/aromatic N) is 2. The molecule has 0 atom stereocenters. The Balaban J connectivity index is 1.60. The van der Waals surface area contributed by atoms with E-state index in [1.165, 1.54) is 0 Å². The first kappa shape index (κ1) is 18.7. The molecule has 2 amide bonds. The SMILES string of the molecule is COc1ccc(NC(=O)N2CCN(c3ccccc3OC)CC2)cc1OC. The summed E-state index contributed by atoms with van der Waals surface area (Å²) in [7, 11) is 4.82. The first-order valence-electron chi connectivity index (χ1n) is 8.82. The highest BCUT2D eigenvalue weighted by atomic mass is 16.5. The van der Waals surface area contributed by atoms with Crippen molar-refractivity contribution in [3.63, 3.8) is 0 Å². The monoisotopic (exact) mass is 371 g/mol. The van der Waals surface area contributed by atoms with Crippen molar-refractivity contribution in [3.05, 3.63) is 42.5 Å². The standard InChI is InChI=1S/C20H25N3O4/c1-25-17-7-5-4-6-16(17)22-10-12-23(13-11-22)20(24)21-15-8-9-18(26-2)19(14-15)27-3/h4-9,14H,10-13H2,1-3H3,(H,21,24). The second kappa shape index (κ2) is 8.53. The minimum atomic E-state index is -0.123. The summed E-state index contributed by atoms with van der Waals surface area (Å²) in [5, 5.41) is 2.92. The number of anilines is 2. The molecule has 7 heteroatoms. The average Bonchev–Trinajstić information content (AvgIpc) is 2.73. The number of amides is 2. The van der Waals surface area contributed by atoms with Crippen LogP contribution in [0.5, 0.6) is 17.2 Å². The van der Waals surface area contributed by atoms with Gasteiger partial charge in [-0.25, -0.2) is 4.79 Å². The van der Waals surface area contributed by atoms with Crippen molar-refractivity contribution in [2.45, 2.75) is 0 Å². The lowest BCUT2D eigenvalue weighted by Gasteiger charge is -2.36. The molecule has 1 aliphatic rings. The molecule has 2 aromatic carbocycles. The van der Waals surface area contributed by atoms with E-state index >= 15 is 0 Å². The van der Waals surface area contributed by atoms with Gasteiger partial charge >= 0.3 is 6.03 Å². The molecule has 1 saturated heterocycles. The third-order valence-electron chi connectivity index (χ3n) is 4.63. The Bertz CT molecular complexity index is 789. The Morgan fingerprint density at radius 1 is 0.852 bits per heavy atom. The molecule has 0 aromatic heterocycles. The van der Waals surface area contributed by atoms with E-state index in [0.717, 1.165) is 24.5 Å². The number of carbonyl (C=O) groups is 1. The molecular weight excluding hydrogens is 346 g/mol. The average molecular weight is 371 g/mol. The highest BCUT2D eigenvalue weighted by Gasteiger charge is 2.23. The number of nitrogens with one attached hydrogen (secondary N) is 1. The maximum absolute atomic E-state index is 12.6. The van der Waals surface area contributed by atoms with Gasteiger partial charge in [-0.15, -0.1) is 0 Å². The second-order valence-corrected chi connectivity index (χ2v) is 6.15. The smallest absolute Gasteiger partial charge is 0.321 e. The molecular formula is C20H25N3O4. The summed E-state index contributed by atoms with van der Waals surface area (Å²) in [6.07, 6.45) is 0. The summed E-state index contributed by atoms with van der Waals surface area (Å²) in [6, 6.07) is 13.1. The van der Waals surface area contributed by atoms with Crippen LogP contribution in [-0.4, -0.2) is 58.4 Å². The zero-order valence-electron chi connectivity index (χ0n) is 15.9. The van der Waals surface area contributed by atoms with Crippen molar-refractivity contribution >= 4 is 17.4 Å². The molecule has 1 N–H and O–H groups in total. The van der Waals surface area contributed by atoms with Gasteiger partial charge in [-0.1, -0.05) is 12.1 Å². The van der Waals surface area contributed by atoms with E-state index in [1.807, 2.05) is 29.2 Å². The normalized spacial score (nSPS) is 13.9. The van der Waals surface area contributed by atoms with Crippen LogP contribution < -0.4 is 24.4 Å². The van der Waals surface area contributed by atoms with Gasteiger partial charge in [0.15, 0.2) is 11.5 Å². The molecule has 3 rings (SSSR count). The molecule has 1 fully saturated rings. The van der Waals surface area contributed by atoms with E-state index in [1.54, 1.807) is 39.5 Å². The molecule has 1 aliphatic heterocycles. The Kier molecular flexibility index (Phi) is 5.90. The summed E-state index contributed by atoms with van der Waals surface area (Å²) in [6.45, 7) is 2.77. The Hall–Kier alpha value is -3.09. The van der Waals surface area contributed by atoms with E-state index in [2.05, 4.69) is 10.2 Å². The number of ether oxygens (including phenoxy) is 3. The topological polar surface area (TPSA) is 63.3 Å². The van der Waals surface area contributed by atoms with Gasteiger partial charge in [0.05, 0.1) is 27.0 Å². The van der Waals surface area contributed by atoms with Gasteiger partial charge in [0, 0.05) is 37.9 Å². The molecule has 0 bridgehead atoms. The second-order valence-electron chi connectivity index (χ2n) is 6.15. The van der Waals surface area contributed by atoms with E-state index in [-0.39, 0.29) is 6.03 Å². The number of para-hydroxylation sites is 2. The Labute approximate surface area is 159 Å². The van der Waals surface area contributed by atoms with Crippen LogP contribution in [0.25, 0.3) is 0 Å². The number of hydrogen-bond acceptors (Lipinski definition) is 5. The molecule has 0 unspecified atom stereocenters. The number of carbonyl (C=O) groups excluding carboxylic acids is 1. The van der Waals surface area contributed by atoms with E-state index in [4.69, 9.17) is 14.2 Å². The molecule has 0 radical (unpaired) electrons. The number of rotatable bonds is 5. The van der Waals surface area contributed by atoms with E-state index < -0.39 is 0 Å². The van der Waals surface area contributed by atoms with Crippen LogP contribution in [0.15, 0.2) is 42.5 Å². The lowest BCUT2D eigenvalue weighted by atomic mass is 10.2. The maximum atomic E-state index is 12.6. The third kappa shape index (κ3) is 4.19. The van der Waals surface area contributed by atoms with Gasteiger partial charge in [0.1, 0.15) is 5.75 Å². The van der Waals surface area contributed by atoms with Gasteiger partial charge in [-0.3, -0.25) is 0 Å². The minimum Gasteiger partial charge on any atom is -0.495 e. The molecule has 2 aromatic rings. The summed E-state index contributed by atoms with van der Waals surface area (Å²) in [5.41, 5.74) is 1.73. The fourth-order valence-electron chi connectivity index (χ4n) is 3.16. The lowest BCUT2D eigenvalue weighted by molar-refractivity contribution is 0.208. The first-order valence-corrected chi connectivity index (χ1v) is 8.82. The zero-order valence-corrected chi connectivity index (χ0v) is 15.9. The summed E-state index contributed by atoms with van der Waals surface area (Å²) >= 11 is 0. The van der Waals surface area contributed by atoms with E-state index in [0.29, 0.717) is 30.3 Å². The number of methoxy groups -OCH3 is 3. The molecule has 0 aliphatic carbocycles. The highest BCUT2D eigenvalue weighted by Crippen LogP contribution is 2.30. The van der Waals surface area contributed by atoms with Crippen LogP contribution in [0, 0.1) is 0 Å². The zero-order chi connectivity index (χ0) is 19.2. The maximum Gasteiger partial charge on any atom is 0.321 e. The number of hydrogen-bond donors (Lipinski definition) is 1. The molecule has 7 nitrogen and oxygen atoms in total. The highest BCUT2D eigenvalue weighted by molar-refractivity contribution is 5.90. The van der Waals surface area contributed by atoms with Gasteiger partial charge in [0.2, 0.25) is 0 Å². The Morgan fingerprint density at radius 2 is 1.52 bits per heavy atom. The van der Waals surface area contributed by atoms with Crippen LogP contribution in [-0.2, 0) is 0 Å². The molecule has 27 heavy (non-hydrogen) atoms. The predicted octanol–water partition coefficient (Wildman–Crippen LogP) is 3.07. The Morgan fingerprint density at radius 3 is 2.19 bits per heavy atom. The summed E-state index contributed by atoms with van der Waals surface area (Å²) in [4.78, 5) is 16.6. The van der Waals surface area contributed by atoms with Gasteiger partial charge < -0.3 is 29.3 Å². The van der Waals surface area contributed by atoms with Crippen molar-refractivity contribution in [3.8, 4) is 17.2 Å². The van der Waals surface area contributed by atoms with Crippen LogP contribution in [0.3, 0.4) is 0 Å². The molecule has 0 saturated carbocycles. The summed E-state index contributed by atoms with van der Waals surface area (Å²) < 4.78 is 15.9. The van der Waals surface area contributed by atoms with Crippen molar-refractivity contribution in [1.29, 1.82) is 0 Å². The van der Waals surface area contributed by atoms with Gasteiger partial charge in [0.25, 0.3) is 0 Å². The van der Waals surface area contributed by atoms with Gasteiger partial charge in [-0.2, -0.15) is 0 Å². The molecule has 144 valence electrons. The third-order valence-corrected chi connectivity index (χ3v) is 4.63. The number of benzene rings is 2. The molecule has 0 spiro atoms. The first-order chi connectivity index (χ1) is 13.2. The molecule has 1 heterocycles. The number of piperazine rings is 1. The van der Waals surface area contributed by atoms with Crippen LogP contribution in [0.2, 0.25) is 0 Å². The summed E-state index contributed by atoms with van der Waals surface area (Å²) in [5.74, 6) is 2.05. The van der Waals surface area contributed by atoms with Crippen LogP contribution in [0.1, 0.15) is 0 Å². The van der Waals surface area contributed by atoms with Gasteiger partial charge in [-0.05, 0) is 24.3 Å². The van der Waals surface area contributed by atoms with Crippen molar-refractivity contribution in [1.82, 2.24) is 4.90 Å². The fourth-order valence-corrected chi connectivity index (χ4v) is 3.16. The lowest BCUT2D eigenvalue weighted by Crippen LogP contribution is -2.50. The number of urea groups is 1. The van der Waals surface area contributed by atoms with E-state index in [9.17, 15) is 4.79 Å². The largest absolute Gasteiger partial charge is 0.495 e. The van der Waals surface area contributed by atoms with Crippen molar-refractivity contribution < 1.29 is 19.0 Å². The van der Waals surface area contributed by atoms with Crippen molar-refractivity contribution in [2.24, 2.45) is 0 Å². The quantitative estimate of drug-likeness (QED) is 0.875. The van der Waals surface area contributed by atoms with Crippen molar-refractivity contribution in [2.75, 3.05) is 57.7 Å². The van der Waals surface area contributed by atoms with Crippen LogP contribution in [0.4, 0.5) is 16.2 Å². The van der Waals surface area contributed by atoms with Crippen LogP contribution >= 0.6 is 0 Å². The predicted molar refractivity (Wildman–Crippen MR) is 105 cm³/mol. The minimum absolute atomic E-state index is 0.123. The fraction of sp³-hybridized carbons (Fsp3) is 0.350.